The van der Waals surface area contributed by atoms with Crippen LogP contribution >= 0.6 is 15.9 Å². The number of ether oxygens (including phenoxy) is 2. The fourth-order valence-corrected chi connectivity index (χ4v) is 2.83. The molecule has 1 fully saturated rings. The molecule has 124 valence electrons. The van der Waals surface area contributed by atoms with E-state index >= 15 is 0 Å². The molecule has 1 atom stereocenters. The summed E-state index contributed by atoms with van der Waals surface area (Å²) in [5.74, 6) is -1.02. The fourth-order valence-electron chi connectivity index (χ4n) is 2.53. The Morgan fingerprint density at radius 1 is 1.33 bits per heavy atom. The predicted molar refractivity (Wildman–Crippen MR) is 83.7 cm³/mol. The minimum atomic E-state index is -0.795. The van der Waals surface area contributed by atoms with Crippen molar-refractivity contribution in [3.8, 4) is 17.1 Å². The molecule has 24 heavy (non-hydrogen) atoms. The van der Waals surface area contributed by atoms with Gasteiger partial charge in [-0.25, -0.2) is 23.3 Å². The number of aromatic nitrogens is 4. The lowest BCUT2D eigenvalue weighted by atomic mass is 10.1. The summed E-state index contributed by atoms with van der Waals surface area (Å²) in [6.45, 7) is 0.658. The van der Waals surface area contributed by atoms with E-state index in [2.05, 4.69) is 31.0 Å². The van der Waals surface area contributed by atoms with Crippen molar-refractivity contribution in [3.63, 3.8) is 0 Å². The van der Waals surface area contributed by atoms with Gasteiger partial charge in [-0.15, -0.1) is 0 Å². The lowest BCUT2D eigenvalue weighted by Crippen LogP contribution is -2.21. The first-order valence-electron chi connectivity index (χ1n) is 7.14. The zero-order valence-corrected chi connectivity index (χ0v) is 14.0. The Bertz CT molecular complexity index is 943. The fraction of sp³-hybridized carbons (Fsp3) is 0.267. The first-order chi connectivity index (χ1) is 11.6. The second-order valence-electron chi connectivity index (χ2n) is 5.25. The van der Waals surface area contributed by atoms with E-state index in [9.17, 15) is 8.78 Å². The van der Waals surface area contributed by atoms with Crippen molar-refractivity contribution < 1.29 is 18.3 Å². The molecule has 0 aliphatic carbocycles. The van der Waals surface area contributed by atoms with E-state index in [1.807, 2.05) is 0 Å². The number of nitrogens with zero attached hydrogens (tertiary/aromatic N) is 4. The molecular formula is C15H11BrF2N4O2. The van der Waals surface area contributed by atoms with Crippen LogP contribution in [-0.4, -0.2) is 33.3 Å². The molecule has 0 aromatic carbocycles. The molecule has 1 aliphatic rings. The molecule has 9 heteroatoms. The Labute approximate surface area is 143 Å². The van der Waals surface area contributed by atoms with Crippen LogP contribution in [0.15, 0.2) is 22.9 Å². The van der Waals surface area contributed by atoms with Gasteiger partial charge < -0.3 is 9.47 Å². The third-order valence-electron chi connectivity index (χ3n) is 3.84. The van der Waals surface area contributed by atoms with E-state index in [0.717, 1.165) is 12.5 Å². The van der Waals surface area contributed by atoms with Crippen LogP contribution < -0.4 is 4.74 Å². The Hall–Kier alpha value is -2.13. The van der Waals surface area contributed by atoms with Crippen LogP contribution in [0, 0.1) is 11.6 Å². The molecule has 0 radical (unpaired) electrons. The molecule has 4 heterocycles. The maximum atomic E-state index is 14.2. The van der Waals surface area contributed by atoms with Crippen LogP contribution in [0.25, 0.3) is 17.0 Å². The first-order valence-corrected chi connectivity index (χ1v) is 7.94. The Morgan fingerprint density at radius 2 is 2.12 bits per heavy atom. The van der Waals surface area contributed by atoms with Crippen molar-refractivity contribution in [3.05, 3.63) is 40.3 Å². The topological polar surface area (TPSA) is 61.5 Å². The van der Waals surface area contributed by atoms with Crippen LogP contribution in [-0.2, 0) is 4.74 Å². The van der Waals surface area contributed by atoms with Crippen molar-refractivity contribution in [2.45, 2.75) is 12.5 Å². The van der Waals surface area contributed by atoms with E-state index in [-0.39, 0.29) is 16.4 Å². The summed E-state index contributed by atoms with van der Waals surface area (Å²) in [6, 6.07) is 2.47. The normalized spacial score (nSPS) is 17.1. The van der Waals surface area contributed by atoms with E-state index in [1.54, 1.807) is 6.07 Å². The highest BCUT2D eigenvalue weighted by molar-refractivity contribution is 9.10. The summed E-state index contributed by atoms with van der Waals surface area (Å²) >= 11 is 2.97. The van der Waals surface area contributed by atoms with Crippen molar-refractivity contribution >= 4 is 21.6 Å². The summed E-state index contributed by atoms with van der Waals surface area (Å²) in [7, 11) is 1.54. The van der Waals surface area contributed by atoms with Gasteiger partial charge in [0.2, 0.25) is 0 Å². The summed E-state index contributed by atoms with van der Waals surface area (Å²) in [4.78, 5) is 8.12. The molecule has 4 rings (SSSR count). The molecule has 0 N–H and O–H groups in total. The Balaban J connectivity index is 1.92. The third kappa shape index (κ3) is 2.35. The average Bonchev–Trinajstić information content (AvgIpc) is 2.91. The standard InChI is InChI=1S/C15H11BrF2N4O2/c1-23-11-5-12-19-6-9(13-7(17)4-8(18)15(16)20-13)22(12)21-14(11)10-2-3-24-10/h4-6,10H,2-3H2,1H3. The maximum absolute atomic E-state index is 14.2. The van der Waals surface area contributed by atoms with Crippen molar-refractivity contribution in [2.24, 2.45) is 0 Å². The maximum Gasteiger partial charge on any atom is 0.158 e. The molecule has 0 spiro atoms. The summed E-state index contributed by atoms with van der Waals surface area (Å²) in [6.07, 6.45) is 2.09. The number of halogens is 3. The van der Waals surface area contributed by atoms with Crippen LogP contribution in [0.2, 0.25) is 0 Å². The zero-order valence-electron chi connectivity index (χ0n) is 12.5. The molecule has 0 saturated carbocycles. The van der Waals surface area contributed by atoms with Crippen LogP contribution in [0.4, 0.5) is 8.78 Å². The van der Waals surface area contributed by atoms with Gasteiger partial charge in [0.25, 0.3) is 0 Å². The Morgan fingerprint density at radius 3 is 2.79 bits per heavy atom. The molecule has 0 amide bonds. The van der Waals surface area contributed by atoms with Crippen molar-refractivity contribution in [1.82, 2.24) is 19.6 Å². The summed E-state index contributed by atoms with van der Waals surface area (Å²) in [5.41, 5.74) is 1.34. The largest absolute Gasteiger partial charge is 0.495 e. The molecule has 1 unspecified atom stereocenters. The summed E-state index contributed by atoms with van der Waals surface area (Å²) < 4.78 is 39.8. The molecule has 1 aliphatic heterocycles. The Kier molecular flexibility index (Phi) is 3.69. The lowest BCUT2D eigenvalue weighted by Gasteiger charge is -2.26. The molecule has 0 bridgehead atoms. The molecule has 1 saturated heterocycles. The minimum Gasteiger partial charge on any atom is -0.495 e. The van der Waals surface area contributed by atoms with E-state index < -0.39 is 11.6 Å². The third-order valence-corrected chi connectivity index (χ3v) is 4.39. The van der Waals surface area contributed by atoms with Gasteiger partial charge in [0.1, 0.15) is 33.5 Å². The van der Waals surface area contributed by atoms with Gasteiger partial charge in [-0.3, -0.25) is 0 Å². The lowest BCUT2D eigenvalue weighted by molar-refractivity contribution is -0.0569. The van der Waals surface area contributed by atoms with Crippen LogP contribution in [0.3, 0.4) is 0 Å². The van der Waals surface area contributed by atoms with Crippen LogP contribution in [0.1, 0.15) is 18.2 Å². The van der Waals surface area contributed by atoms with Gasteiger partial charge >= 0.3 is 0 Å². The average molecular weight is 397 g/mol. The molecule has 3 aromatic heterocycles. The number of hydrogen-bond acceptors (Lipinski definition) is 5. The van der Waals surface area contributed by atoms with Crippen molar-refractivity contribution in [2.75, 3.05) is 13.7 Å². The number of methoxy groups -OCH3 is 1. The smallest absolute Gasteiger partial charge is 0.158 e. The summed E-state index contributed by atoms with van der Waals surface area (Å²) in [5, 5.41) is 4.49. The van der Waals surface area contributed by atoms with E-state index in [0.29, 0.717) is 29.4 Å². The second-order valence-corrected chi connectivity index (χ2v) is 6.00. The highest BCUT2D eigenvalue weighted by Gasteiger charge is 2.27. The first kappa shape index (κ1) is 15.4. The number of pyridine rings is 1. The quantitative estimate of drug-likeness (QED) is 0.635. The molecule has 6 nitrogen and oxygen atoms in total. The number of imidazole rings is 1. The number of rotatable bonds is 3. The van der Waals surface area contributed by atoms with E-state index in [4.69, 9.17) is 9.47 Å². The predicted octanol–water partition coefficient (Wildman–Crippen LogP) is 3.30. The second kappa shape index (κ2) is 5.75. The number of fused-ring (bicyclic) bond motifs is 1. The van der Waals surface area contributed by atoms with Gasteiger partial charge in [-0.05, 0) is 15.9 Å². The van der Waals surface area contributed by atoms with Gasteiger partial charge in [0, 0.05) is 18.6 Å². The van der Waals surface area contributed by atoms with Crippen molar-refractivity contribution in [1.29, 1.82) is 0 Å². The minimum absolute atomic E-state index is 0.0473. The monoisotopic (exact) mass is 396 g/mol. The highest BCUT2D eigenvalue weighted by Crippen LogP contribution is 2.35. The number of hydrogen-bond donors (Lipinski definition) is 0. The van der Waals surface area contributed by atoms with E-state index in [1.165, 1.54) is 17.8 Å². The SMILES string of the molecule is COc1cc2ncc(-c3nc(Br)c(F)cc3F)n2nc1C1CCO1. The highest BCUT2D eigenvalue weighted by atomic mass is 79.9. The van der Waals surface area contributed by atoms with Crippen LogP contribution in [0.5, 0.6) is 5.75 Å². The van der Waals surface area contributed by atoms with Gasteiger partial charge in [-0.1, -0.05) is 0 Å². The zero-order chi connectivity index (χ0) is 16.8. The molecule has 3 aromatic rings. The van der Waals surface area contributed by atoms with Gasteiger partial charge in [-0.2, -0.15) is 5.10 Å². The molecular weight excluding hydrogens is 386 g/mol. The van der Waals surface area contributed by atoms with Gasteiger partial charge in [0.15, 0.2) is 17.3 Å². The van der Waals surface area contributed by atoms with Gasteiger partial charge in [0.05, 0.1) is 19.9 Å².